The molecule has 0 saturated carbocycles. The maximum Gasteiger partial charge on any atom is 0.356 e. The second kappa shape index (κ2) is 5.69. The number of nitrogens with one attached hydrogen (secondary N) is 1. The summed E-state index contributed by atoms with van der Waals surface area (Å²) in [6, 6.07) is 4.55. The van der Waals surface area contributed by atoms with Gasteiger partial charge in [-0.05, 0) is 12.1 Å². The van der Waals surface area contributed by atoms with Crippen LogP contribution in [-0.2, 0) is 23.0 Å². The van der Waals surface area contributed by atoms with Crippen LogP contribution in [0.25, 0.3) is 0 Å². The number of hydrogen-bond acceptors (Lipinski definition) is 6. The van der Waals surface area contributed by atoms with Crippen LogP contribution in [0.1, 0.15) is 21.7 Å². The van der Waals surface area contributed by atoms with Crippen molar-refractivity contribution in [3.8, 4) is 0 Å². The molecule has 1 aliphatic heterocycles. The number of aromatic carboxylic acids is 1. The molecule has 2 heterocycles. The smallest absolute Gasteiger partial charge is 0.356 e. The van der Waals surface area contributed by atoms with E-state index in [1.807, 2.05) is 0 Å². The maximum atomic E-state index is 12.7. The molecule has 0 aliphatic carbocycles. The summed E-state index contributed by atoms with van der Waals surface area (Å²) < 4.78 is 26.5. The third-order valence-electron chi connectivity index (χ3n) is 3.79. The van der Waals surface area contributed by atoms with E-state index in [0.717, 1.165) is 28.6 Å². The van der Waals surface area contributed by atoms with Crippen molar-refractivity contribution >= 4 is 21.7 Å². The molecule has 2 N–H and O–H groups in total. The Kier molecular flexibility index (Phi) is 3.81. The van der Waals surface area contributed by atoms with Crippen molar-refractivity contribution < 1.29 is 23.2 Å². The molecule has 1 aromatic heterocycles. The molecule has 0 amide bonds. The van der Waals surface area contributed by atoms with Crippen molar-refractivity contribution in [2.24, 2.45) is 0 Å². The summed E-state index contributed by atoms with van der Waals surface area (Å²) in [5, 5.41) is 26.1. The number of carboxylic acid groups (broad SMARTS) is 1. The summed E-state index contributed by atoms with van der Waals surface area (Å²) in [5.74, 6) is -1.23. The standard InChI is InChI=1S/C13H12N4O6S/c18-13(19)12-10-7-16(6-5-11(10)14-15-12)24(22,23)9-3-1-8(2-4-9)17(20)21/h1-4H,5-7H2,(H,14,15)(H,18,19). The lowest BCUT2D eigenvalue weighted by atomic mass is 10.1. The van der Waals surface area contributed by atoms with Gasteiger partial charge in [-0.2, -0.15) is 9.40 Å². The van der Waals surface area contributed by atoms with Gasteiger partial charge in [0, 0.05) is 42.9 Å². The van der Waals surface area contributed by atoms with Crippen molar-refractivity contribution in [3.05, 3.63) is 51.3 Å². The van der Waals surface area contributed by atoms with E-state index in [0.29, 0.717) is 17.7 Å². The minimum Gasteiger partial charge on any atom is -0.476 e. The van der Waals surface area contributed by atoms with Gasteiger partial charge in [-0.1, -0.05) is 0 Å². The van der Waals surface area contributed by atoms with Gasteiger partial charge in [0.25, 0.3) is 5.69 Å². The highest BCUT2D eigenvalue weighted by Crippen LogP contribution is 2.26. The number of fused-ring (bicyclic) bond motifs is 1. The molecular weight excluding hydrogens is 340 g/mol. The zero-order chi connectivity index (χ0) is 17.5. The fourth-order valence-electron chi connectivity index (χ4n) is 2.54. The number of carboxylic acids is 1. The molecule has 1 aliphatic rings. The molecule has 0 atom stereocenters. The van der Waals surface area contributed by atoms with Gasteiger partial charge < -0.3 is 5.11 Å². The Bertz CT molecular complexity index is 918. The maximum absolute atomic E-state index is 12.7. The van der Waals surface area contributed by atoms with Gasteiger partial charge in [0.05, 0.1) is 9.82 Å². The van der Waals surface area contributed by atoms with Crippen molar-refractivity contribution in [1.29, 1.82) is 0 Å². The molecule has 11 heteroatoms. The van der Waals surface area contributed by atoms with Crippen molar-refractivity contribution in [3.63, 3.8) is 0 Å². The van der Waals surface area contributed by atoms with Gasteiger partial charge in [0.1, 0.15) is 0 Å². The van der Waals surface area contributed by atoms with E-state index >= 15 is 0 Å². The Hall–Kier alpha value is -2.79. The number of nitro benzene ring substituents is 1. The highest BCUT2D eigenvalue weighted by molar-refractivity contribution is 7.89. The Morgan fingerprint density at radius 3 is 2.58 bits per heavy atom. The van der Waals surface area contributed by atoms with Crippen LogP contribution in [0.15, 0.2) is 29.2 Å². The lowest BCUT2D eigenvalue weighted by Crippen LogP contribution is -2.36. The topological polar surface area (TPSA) is 146 Å². The van der Waals surface area contributed by atoms with E-state index in [-0.39, 0.29) is 29.4 Å². The monoisotopic (exact) mass is 352 g/mol. The van der Waals surface area contributed by atoms with E-state index in [4.69, 9.17) is 5.11 Å². The SMILES string of the molecule is O=C(O)c1n[nH]c2c1CN(S(=O)(=O)c1ccc([N+](=O)[O-])cc1)CC2. The van der Waals surface area contributed by atoms with E-state index in [2.05, 4.69) is 10.2 Å². The number of nitrogens with zero attached hydrogens (tertiary/aromatic N) is 3. The first-order valence-electron chi connectivity index (χ1n) is 6.84. The van der Waals surface area contributed by atoms with E-state index < -0.39 is 20.9 Å². The summed E-state index contributed by atoms with van der Waals surface area (Å²) in [5.41, 5.74) is 0.522. The minimum atomic E-state index is -3.89. The first-order chi connectivity index (χ1) is 11.3. The molecular formula is C13H12N4O6S. The lowest BCUT2D eigenvalue weighted by Gasteiger charge is -2.26. The average Bonchev–Trinajstić information content (AvgIpc) is 2.98. The minimum absolute atomic E-state index is 0.0862. The first kappa shape index (κ1) is 16.1. The fraction of sp³-hybridized carbons (Fsp3) is 0.231. The molecule has 0 saturated heterocycles. The summed E-state index contributed by atoms with van der Waals surface area (Å²) in [6.07, 6.45) is 0.307. The summed E-state index contributed by atoms with van der Waals surface area (Å²) in [7, 11) is -3.89. The van der Waals surface area contributed by atoms with Crippen LogP contribution in [0, 0.1) is 10.1 Å². The van der Waals surface area contributed by atoms with Crippen LogP contribution < -0.4 is 0 Å². The third kappa shape index (κ3) is 2.63. The Morgan fingerprint density at radius 1 is 1.33 bits per heavy atom. The van der Waals surface area contributed by atoms with Gasteiger partial charge in [-0.15, -0.1) is 0 Å². The van der Waals surface area contributed by atoms with Gasteiger partial charge in [-0.3, -0.25) is 15.2 Å². The van der Waals surface area contributed by atoms with Gasteiger partial charge in [0.2, 0.25) is 10.0 Å². The molecule has 0 unspecified atom stereocenters. The number of carbonyl (C=O) groups is 1. The van der Waals surface area contributed by atoms with Crippen LogP contribution in [0.4, 0.5) is 5.69 Å². The molecule has 24 heavy (non-hydrogen) atoms. The summed E-state index contributed by atoms with van der Waals surface area (Å²) in [4.78, 5) is 21.1. The fourth-order valence-corrected chi connectivity index (χ4v) is 3.95. The van der Waals surface area contributed by atoms with Crippen molar-refractivity contribution in [1.82, 2.24) is 14.5 Å². The van der Waals surface area contributed by atoms with E-state index in [9.17, 15) is 23.3 Å². The number of hydrogen-bond donors (Lipinski definition) is 2. The largest absolute Gasteiger partial charge is 0.476 e. The van der Waals surface area contributed by atoms with Crippen molar-refractivity contribution in [2.45, 2.75) is 17.9 Å². The molecule has 10 nitrogen and oxygen atoms in total. The number of benzene rings is 1. The molecule has 0 bridgehead atoms. The molecule has 1 aromatic carbocycles. The zero-order valence-electron chi connectivity index (χ0n) is 12.2. The second-order valence-electron chi connectivity index (χ2n) is 5.17. The molecule has 0 radical (unpaired) electrons. The first-order valence-corrected chi connectivity index (χ1v) is 8.28. The number of aromatic amines is 1. The zero-order valence-corrected chi connectivity index (χ0v) is 13.0. The van der Waals surface area contributed by atoms with Gasteiger partial charge in [-0.25, -0.2) is 13.2 Å². The molecule has 0 spiro atoms. The lowest BCUT2D eigenvalue weighted by molar-refractivity contribution is -0.384. The normalized spacial score (nSPS) is 15.0. The van der Waals surface area contributed by atoms with Crippen molar-refractivity contribution in [2.75, 3.05) is 6.54 Å². The highest BCUT2D eigenvalue weighted by Gasteiger charge is 2.32. The van der Waals surface area contributed by atoms with E-state index in [1.165, 1.54) is 0 Å². The molecule has 126 valence electrons. The summed E-state index contributed by atoms with van der Waals surface area (Å²) >= 11 is 0. The van der Waals surface area contributed by atoms with Crippen LogP contribution >= 0.6 is 0 Å². The average molecular weight is 352 g/mol. The van der Waals surface area contributed by atoms with E-state index in [1.54, 1.807) is 0 Å². The number of nitro groups is 1. The van der Waals surface area contributed by atoms with Crippen LogP contribution in [0.3, 0.4) is 0 Å². The molecule has 3 rings (SSSR count). The number of aromatic nitrogens is 2. The van der Waals surface area contributed by atoms with Gasteiger partial charge >= 0.3 is 5.97 Å². The quantitative estimate of drug-likeness (QED) is 0.610. The van der Waals surface area contributed by atoms with Crippen LogP contribution in [0.5, 0.6) is 0 Å². The number of H-pyrrole nitrogens is 1. The third-order valence-corrected chi connectivity index (χ3v) is 5.65. The molecule has 2 aromatic rings. The predicted octanol–water partition coefficient (Wildman–Crippen LogP) is 0.763. The highest BCUT2D eigenvalue weighted by atomic mass is 32.2. The summed E-state index contributed by atoms with van der Waals surface area (Å²) in [6.45, 7) is 0.0420. The molecule has 0 fully saturated rings. The number of non-ortho nitro benzene ring substituents is 1. The number of sulfonamides is 1. The van der Waals surface area contributed by atoms with Crippen LogP contribution in [-0.4, -0.2) is 45.5 Å². The number of rotatable bonds is 4. The second-order valence-corrected chi connectivity index (χ2v) is 7.11. The predicted molar refractivity (Wildman–Crippen MR) is 79.9 cm³/mol. The Labute approximate surface area is 135 Å². The Balaban J connectivity index is 1.92. The Morgan fingerprint density at radius 2 is 2.00 bits per heavy atom. The van der Waals surface area contributed by atoms with Gasteiger partial charge in [0.15, 0.2) is 5.69 Å². The van der Waals surface area contributed by atoms with Crippen LogP contribution in [0.2, 0.25) is 0 Å².